The summed E-state index contributed by atoms with van der Waals surface area (Å²) in [6.45, 7) is 2.11. The van der Waals surface area contributed by atoms with Crippen LogP contribution in [-0.2, 0) is 4.74 Å². The molecule has 0 spiro atoms. The molecule has 2 aromatic carbocycles. The molecule has 0 bridgehead atoms. The van der Waals surface area contributed by atoms with E-state index in [2.05, 4.69) is 40.3 Å². The quantitative estimate of drug-likeness (QED) is 0.789. The van der Waals surface area contributed by atoms with Crippen molar-refractivity contribution in [3.8, 4) is 0 Å². The lowest BCUT2D eigenvalue weighted by Gasteiger charge is -2.20. The molecule has 0 radical (unpaired) electrons. The topological polar surface area (TPSA) is 38.3 Å². The van der Waals surface area contributed by atoms with Crippen molar-refractivity contribution < 1.29 is 9.53 Å². The van der Waals surface area contributed by atoms with Crippen LogP contribution in [0.4, 0.5) is 5.69 Å². The first-order valence-electron chi connectivity index (χ1n) is 6.85. The summed E-state index contributed by atoms with van der Waals surface area (Å²) in [5.41, 5.74) is 2.51. The predicted molar refractivity (Wildman–Crippen MR) is 88.6 cm³/mol. The number of anilines is 1. The van der Waals surface area contributed by atoms with Gasteiger partial charge in [-0.2, -0.15) is 0 Å². The Morgan fingerprint density at radius 3 is 2.67 bits per heavy atom. The lowest BCUT2D eigenvalue weighted by Crippen LogP contribution is -2.13. The molecule has 3 nitrogen and oxygen atoms in total. The Balaban J connectivity index is 2.29. The molecular weight excluding hydrogens is 330 g/mol. The molecule has 0 aliphatic carbocycles. The van der Waals surface area contributed by atoms with Crippen LogP contribution in [0.1, 0.15) is 35.3 Å². The van der Waals surface area contributed by atoms with Crippen molar-refractivity contribution in [2.75, 3.05) is 12.4 Å². The molecule has 0 aliphatic rings. The molecule has 4 heteroatoms. The van der Waals surface area contributed by atoms with E-state index in [4.69, 9.17) is 4.74 Å². The number of nitrogens with one attached hydrogen (secondary N) is 1. The van der Waals surface area contributed by atoms with Gasteiger partial charge in [-0.25, -0.2) is 4.79 Å². The fourth-order valence-electron chi connectivity index (χ4n) is 2.23. The van der Waals surface area contributed by atoms with Gasteiger partial charge in [-0.3, -0.25) is 0 Å². The molecular formula is C17H18BrNO2. The van der Waals surface area contributed by atoms with Crippen LogP contribution in [0.5, 0.6) is 0 Å². The minimum absolute atomic E-state index is 0.133. The number of ether oxygens (including phenoxy) is 1. The second kappa shape index (κ2) is 7.27. The van der Waals surface area contributed by atoms with Crippen LogP contribution >= 0.6 is 15.9 Å². The summed E-state index contributed by atoms with van der Waals surface area (Å²) in [6.07, 6.45) is 0.909. The Morgan fingerprint density at radius 1 is 1.24 bits per heavy atom. The number of halogens is 1. The number of rotatable bonds is 5. The molecule has 1 atom stereocenters. The van der Waals surface area contributed by atoms with Crippen LogP contribution in [0.25, 0.3) is 0 Å². The Kier molecular flexibility index (Phi) is 5.39. The average Bonchev–Trinajstić information content (AvgIpc) is 2.52. The molecule has 0 aliphatic heterocycles. The summed E-state index contributed by atoms with van der Waals surface area (Å²) < 4.78 is 5.87. The van der Waals surface area contributed by atoms with Crippen LogP contribution in [-0.4, -0.2) is 13.1 Å². The second-order valence-electron chi connectivity index (χ2n) is 4.70. The lowest BCUT2D eigenvalue weighted by molar-refractivity contribution is 0.0602. The van der Waals surface area contributed by atoms with E-state index in [0.29, 0.717) is 5.56 Å². The summed E-state index contributed by atoms with van der Waals surface area (Å²) in [4.78, 5) is 11.8. The summed E-state index contributed by atoms with van der Waals surface area (Å²) in [5, 5.41) is 3.43. The Morgan fingerprint density at radius 2 is 2.00 bits per heavy atom. The van der Waals surface area contributed by atoms with Gasteiger partial charge in [-0.15, -0.1) is 0 Å². The van der Waals surface area contributed by atoms with E-state index in [1.54, 1.807) is 6.07 Å². The molecule has 0 saturated carbocycles. The fraction of sp³-hybridized carbons (Fsp3) is 0.235. The third kappa shape index (κ3) is 3.85. The van der Waals surface area contributed by atoms with Crippen LogP contribution in [0, 0.1) is 0 Å². The number of hydrogen-bond acceptors (Lipinski definition) is 3. The highest BCUT2D eigenvalue weighted by Gasteiger charge is 2.15. The number of benzene rings is 2. The smallest absolute Gasteiger partial charge is 0.339 e. The molecule has 0 saturated heterocycles. The fourth-order valence-corrected chi connectivity index (χ4v) is 2.65. The highest BCUT2D eigenvalue weighted by atomic mass is 79.9. The van der Waals surface area contributed by atoms with E-state index >= 15 is 0 Å². The number of carbonyl (C=O) groups is 1. The number of para-hydroxylation sites is 1. The van der Waals surface area contributed by atoms with Gasteiger partial charge in [0.2, 0.25) is 0 Å². The number of esters is 1. The van der Waals surface area contributed by atoms with Crippen molar-refractivity contribution in [3.63, 3.8) is 0 Å². The molecule has 110 valence electrons. The van der Waals surface area contributed by atoms with E-state index in [1.165, 1.54) is 12.7 Å². The van der Waals surface area contributed by atoms with Gasteiger partial charge in [-0.05, 0) is 36.2 Å². The highest BCUT2D eigenvalue weighted by molar-refractivity contribution is 9.10. The van der Waals surface area contributed by atoms with E-state index in [9.17, 15) is 4.79 Å². The molecule has 1 unspecified atom stereocenters. The van der Waals surface area contributed by atoms with Crippen molar-refractivity contribution in [2.24, 2.45) is 0 Å². The maximum Gasteiger partial charge on any atom is 0.339 e. The van der Waals surface area contributed by atoms with Crippen LogP contribution < -0.4 is 5.32 Å². The molecule has 0 aromatic heterocycles. The van der Waals surface area contributed by atoms with Crippen molar-refractivity contribution in [1.29, 1.82) is 0 Å². The SMILES string of the molecule is CCC(Nc1ccccc1C(=O)OC)c1cccc(Br)c1. The number of hydrogen-bond donors (Lipinski definition) is 1. The van der Waals surface area contributed by atoms with Crippen molar-refractivity contribution in [2.45, 2.75) is 19.4 Å². The van der Waals surface area contributed by atoms with Crippen molar-refractivity contribution in [1.82, 2.24) is 0 Å². The first-order chi connectivity index (χ1) is 10.2. The van der Waals surface area contributed by atoms with Gasteiger partial charge in [0.15, 0.2) is 0 Å². The standard InChI is InChI=1S/C17H18BrNO2/c1-3-15(12-7-6-8-13(18)11-12)19-16-10-5-4-9-14(16)17(20)21-2/h4-11,15,19H,3H2,1-2H3. The van der Waals surface area contributed by atoms with Gasteiger partial charge in [0.1, 0.15) is 0 Å². The Labute approximate surface area is 133 Å². The Bertz CT molecular complexity index is 628. The van der Waals surface area contributed by atoms with Gasteiger partial charge >= 0.3 is 5.97 Å². The molecule has 2 aromatic rings. The molecule has 0 heterocycles. The molecule has 2 rings (SSSR count). The van der Waals surface area contributed by atoms with Crippen molar-refractivity contribution >= 4 is 27.6 Å². The first-order valence-corrected chi connectivity index (χ1v) is 7.64. The first kappa shape index (κ1) is 15.6. The van der Waals surface area contributed by atoms with E-state index in [1.807, 2.05) is 30.3 Å². The zero-order valence-electron chi connectivity index (χ0n) is 12.1. The van der Waals surface area contributed by atoms with Crippen LogP contribution in [0.2, 0.25) is 0 Å². The van der Waals surface area contributed by atoms with E-state index in [0.717, 1.165) is 16.6 Å². The minimum atomic E-state index is -0.331. The normalized spacial score (nSPS) is 11.8. The lowest BCUT2D eigenvalue weighted by atomic mass is 10.0. The van der Waals surface area contributed by atoms with E-state index in [-0.39, 0.29) is 12.0 Å². The van der Waals surface area contributed by atoms with Gasteiger partial charge in [0.05, 0.1) is 18.7 Å². The maximum atomic E-state index is 11.8. The molecule has 0 amide bonds. The van der Waals surface area contributed by atoms with Crippen LogP contribution in [0.15, 0.2) is 53.0 Å². The predicted octanol–water partition coefficient (Wildman–Crippen LogP) is 4.80. The third-order valence-electron chi connectivity index (χ3n) is 3.32. The highest BCUT2D eigenvalue weighted by Crippen LogP contribution is 2.27. The number of carbonyl (C=O) groups excluding carboxylic acids is 1. The zero-order chi connectivity index (χ0) is 15.2. The zero-order valence-corrected chi connectivity index (χ0v) is 13.7. The monoisotopic (exact) mass is 347 g/mol. The molecule has 0 fully saturated rings. The van der Waals surface area contributed by atoms with Gasteiger partial charge in [0.25, 0.3) is 0 Å². The largest absolute Gasteiger partial charge is 0.465 e. The van der Waals surface area contributed by atoms with Crippen molar-refractivity contribution in [3.05, 3.63) is 64.1 Å². The number of methoxy groups -OCH3 is 1. The third-order valence-corrected chi connectivity index (χ3v) is 3.81. The average molecular weight is 348 g/mol. The van der Waals surface area contributed by atoms with Gasteiger partial charge in [-0.1, -0.05) is 47.1 Å². The molecule has 1 N–H and O–H groups in total. The van der Waals surface area contributed by atoms with E-state index < -0.39 is 0 Å². The van der Waals surface area contributed by atoms with Gasteiger partial charge in [0, 0.05) is 10.2 Å². The Hall–Kier alpha value is -1.81. The summed E-state index contributed by atoms with van der Waals surface area (Å²) >= 11 is 3.49. The summed E-state index contributed by atoms with van der Waals surface area (Å²) in [6, 6.07) is 15.7. The summed E-state index contributed by atoms with van der Waals surface area (Å²) in [7, 11) is 1.39. The molecule has 21 heavy (non-hydrogen) atoms. The second-order valence-corrected chi connectivity index (χ2v) is 5.61. The van der Waals surface area contributed by atoms with Crippen LogP contribution in [0.3, 0.4) is 0 Å². The summed E-state index contributed by atoms with van der Waals surface area (Å²) in [5.74, 6) is -0.331. The maximum absolute atomic E-state index is 11.8. The minimum Gasteiger partial charge on any atom is -0.465 e. The van der Waals surface area contributed by atoms with Gasteiger partial charge < -0.3 is 10.1 Å².